The van der Waals surface area contributed by atoms with Crippen molar-refractivity contribution in [3.8, 4) is 11.5 Å². The molecule has 0 radical (unpaired) electrons. The van der Waals surface area contributed by atoms with Crippen LogP contribution in [0.4, 0.5) is 0 Å². The van der Waals surface area contributed by atoms with Crippen LogP contribution in [0, 0.1) is 0 Å². The van der Waals surface area contributed by atoms with E-state index in [0.717, 1.165) is 37.1 Å². The van der Waals surface area contributed by atoms with Gasteiger partial charge in [-0.2, -0.15) is 0 Å². The van der Waals surface area contributed by atoms with Crippen molar-refractivity contribution in [2.45, 2.75) is 38.1 Å². The van der Waals surface area contributed by atoms with Gasteiger partial charge in [0, 0.05) is 25.9 Å². The third kappa shape index (κ3) is 5.53. The zero-order valence-electron chi connectivity index (χ0n) is 17.7. The summed E-state index contributed by atoms with van der Waals surface area (Å²) in [5.74, 6) is 1.14. The summed E-state index contributed by atoms with van der Waals surface area (Å²) >= 11 is 0. The minimum Gasteiger partial charge on any atom is -0.493 e. The summed E-state index contributed by atoms with van der Waals surface area (Å²) in [6.45, 7) is 1.53. The van der Waals surface area contributed by atoms with E-state index in [4.69, 9.17) is 9.47 Å². The number of benzene rings is 2. The van der Waals surface area contributed by atoms with E-state index >= 15 is 0 Å². The third-order valence-electron chi connectivity index (χ3n) is 5.44. The number of ether oxygens (including phenoxy) is 2. The number of methoxy groups -OCH3 is 2. The maximum absolute atomic E-state index is 13.0. The highest BCUT2D eigenvalue weighted by atomic mass is 16.5. The predicted molar refractivity (Wildman–Crippen MR) is 116 cm³/mol. The molecule has 1 aliphatic heterocycles. The molecule has 0 aliphatic carbocycles. The van der Waals surface area contributed by atoms with Crippen LogP contribution in [0.15, 0.2) is 48.5 Å². The fourth-order valence-electron chi connectivity index (χ4n) is 3.87. The van der Waals surface area contributed by atoms with Crippen molar-refractivity contribution < 1.29 is 19.1 Å². The average molecular weight is 411 g/mol. The molecule has 1 unspecified atom stereocenters. The van der Waals surface area contributed by atoms with Gasteiger partial charge in [-0.15, -0.1) is 0 Å². The monoisotopic (exact) mass is 410 g/mol. The second kappa shape index (κ2) is 10.7. The lowest BCUT2D eigenvalue weighted by molar-refractivity contribution is -0.135. The van der Waals surface area contributed by atoms with Crippen LogP contribution in [0.25, 0.3) is 0 Å². The first-order valence-electron chi connectivity index (χ1n) is 10.4. The number of hydrogen-bond donors (Lipinski definition) is 1. The lowest BCUT2D eigenvalue weighted by Gasteiger charge is -2.24. The van der Waals surface area contributed by atoms with Crippen molar-refractivity contribution in [3.05, 3.63) is 59.7 Å². The molecule has 1 aliphatic rings. The molecule has 6 heteroatoms. The van der Waals surface area contributed by atoms with Gasteiger partial charge >= 0.3 is 0 Å². The molecule has 1 atom stereocenters. The van der Waals surface area contributed by atoms with Crippen molar-refractivity contribution in [1.29, 1.82) is 0 Å². The maximum Gasteiger partial charge on any atom is 0.245 e. The normalized spacial score (nSPS) is 14.3. The Morgan fingerprint density at radius 2 is 1.73 bits per heavy atom. The zero-order chi connectivity index (χ0) is 21.3. The molecule has 0 spiro atoms. The van der Waals surface area contributed by atoms with Crippen LogP contribution in [0.3, 0.4) is 0 Å². The number of likely N-dealkylation sites (tertiary alicyclic amines) is 1. The van der Waals surface area contributed by atoms with E-state index in [9.17, 15) is 9.59 Å². The van der Waals surface area contributed by atoms with E-state index in [1.807, 2.05) is 53.4 Å². The van der Waals surface area contributed by atoms with Crippen LogP contribution in [0.1, 0.15) is 30.4 Å². The Morgan fingerprint density at radius 3 is 2.40 bits per heavy atom. The number of aryl methyl sites for hydroxylation is 1. The smallest absolute Gasteiger partial charge is 0.245 e. The molecule has 0 aromatic heterocycles. The SMILES string of the molecule is COc1cccc(CCC(=O)NC(Cc2ccccc2)C(=O)N2CCCC2)c1OC. The van der Waals surface area contributed by atoms with E-state index in [-0.39, 0.29) is 18.2 Å². The Balaban J connectivity index is 1.66. The molecule has 30 heavy (non-hydrogen) atoms. The van der Waals surface area contributed by atoms with Crippen LogP contribution in [-0.2, 0) is 22.4 Å². The van der Waals surface area contributed by atoms with E-state index in [2.05, 4.69) is 5.32 Å². The number of hydrogen-bond acceptors (Lipinski definition) is 4. The molecule has 2 aromatic rings. The van der Waals surface area contributed by atoms with Gasteiger partial charge in [-0.3, -0.25) is 9.59 Å². The van der Waals surface area contributed by atoms with E-state index < -0.39 is 6.04 Å². The van der Waals surface area contributed by atoms with Crippen LogP contribution < -0.4 is 14.8 Å². The van der Waals surface area contributed by atoms with E-state index in [0.29, 0.717) is 24.3 Å². The highest BCUT2D eigenvalue weighted by molar-refractivity contribution is 5.88. The average Bonchev–Trinajstić information content (AvgIpc) is 3.32. The summed E-state index contributed by atoms with van der Waals surface area (Å²) in [6.07, 6.45) is 3.30. The highest BCUT2D eigenvalue weighted by Crippen LogP contribution is 2.31. The molecule has 2 amide bonds. The van der Waals surface area contributed by atoms with Crippen molar-refractivity contribution >= 4 is 11.8 Å². The second-order valence-electron chi connectivity index (χ2n) is 7.49. The molecule has 1 fully saturated rings. The Bertz CT molecular complexity index is 848. The first kappa shape index (κ1) is 21.7. The molecule has 1 heterocycles. The molecule has 0 saturated carbocycles. The topological polar surface area (TPSA) is 67.9 Å². The largest absolute Gasteiger partial charge is 0.493 e. The fraction of sp³-hybridized carbons (Fsp3) is 0.417. The molecule has 160 valence electrons. The molecule has 2 aromatic carbocycles. The Morgan fingerprint density at radius 1 is 1.00 bits per heavy atom. The Labute approximate surface area is 178 Å². The van der Waals surface area contributed by atoms with Gasteiger partial charge in [0.05, 0.1) is 14.2 Å². The van der Waals surface area contributed by atoms with Gasteiger partial charge in [-0.1, -0.05) is 42.5 Å². The summed E-state index contributed by atoms with van der Waals surface area (Å²) in [7, 11) is 3.18. The maximum atomic E-state index is 13.0. The fourth-order valence-corrected chi connectivity index (χ4v) is 3.87. The van der Waals surface area contributed by atoms with Crippen molar-refractivity contribution in [2.24, 2.45) is 0 Å². The number of amides is 2. The molecule has 0 bridgehead atoms. The number of carbonyl (C=O) groups excluding carboxylic acids is 2. The number of rotatable bonds is 9. The molecule has 6 nitrogen and oxygen atoms in total. The van der Waals surface area contributed by atoms with Crippen LogP contribution in [0.2, 0.25) is 0 Å². The van der Waals surface area contributed by atoms with E-state index in [1.54, 1.807) is 14.2 Å². The van der Waals surface area contributed by atoms with Gasteiger partial charge in [0.2, 0.25) is 11.8 Å². The molecule has 1 N–H and O–H groups in total. The number of nitrogens with zero attached hydrogens (tertiary/aromatic N) is 1. The predicted octanol–water partition coefficient (Wildman–Crippen LogP) is 2.99. The van der Waals surface area contributed by atoms with Crippen molar-refractivity contribution in [1.82, 2.24) is 10.2 Å². The summed E-state index contributed by atoms with van der Waals surface area (Å²) in [5.41, 5.74) is 1.93. The first-order chi connectivity index (χ1) is 14.6. The Kier molecular flexibility index (Phi) is 7.71. The summed E-state index contributed by atoms with van der Waals surface area (Å²) in [4.78, 5) is 27.6. The van der Waals surface area contributed by atoms with Gasteiger partial charge in [-0.05, 0) is 36.5 Å². The lowest BCUT2D eigenvalue weighted by Crippen LogP contribution is -2.49. The molecule has 3 rings (SSSR count). The number of carbonyl (C=O) groups is 2. The summed E-state index contributed by atoms with van der Waals surface area (Å²) in [6, 6.07) is 14.9. The Hall–Kier alpha value is -3.02. The minimum atomic E-state index is -0.551. The zero-order valence-corrected chi connectivity index (χ0v) is 17.7. The molecular weight excluding hydrogens is 380 g/mol. The van der Waals surface area contributed by atoms with Gasteiger partial charge in [0.1, 0.15) is 6.04 Å². The summed E-state index contributed by atoms with van der Waals surface area (Å²) in [5, 5.41) is 2.98. The quantitative estimate of drug-likeness (QED) is 0.690. The number of nitrogens with one attached hydrogen (secondary N) is 1. The van der Waals surface area contributed by atoms with Crippen molar-refractivity contribution in [2.75, 3.05) is 27.3 Å². The minimum absolute atomic E-state index is 0.00339. The molecular formula is C24H30N2O4. The lowest BCUT2D eigenvalue weighted by atomic mass is 10.0. The van der Waals surface area contributed by atoms with Gasteiger partial charge < -0.3 is 19.7 Å². The van der Waals surface area contributed by atoms with Gasteiger partial charge in [-0.25, -0.2) is 0 Å². The first-order valence-corrected chi connectivity index (χ1v) is 10.4. The second-order valence-corrected chi connectivity index (χ2v) is 7.49. The third-order valence-corrected chi connectivity index (χ3v) is 5.44. The van der Waals surface area contributed by atoms with E-state index in [1.165, 1.54) is 0 Å². The highest BCUT2D eigenvalue weighted by Gasteiger charge is 2.28. The molecule has 1 saturated heterocycles. The van der Waals surface area contributed by atoms with Gasteiger partial charge in [0.25, 0.3) is 0 Å². The van der Waals surface area contributed by atoms with Crippen LogP contribution >= 0.6 is 0 Å². The number of para-hydroxylation sites is 1. The van der Waals surface area contributed by atoms with Crippen LogP contribution in [-0.4, -0.2) is 50.1 Å². The van der Waals surface area contributed by atoms with Crippen molar-refractivity contribution in [3.63, 3.8) is 0 Å². The summed E-state index contributed by atoms with van der Waals surface area (Å²) < 4.78 is 10.8. The standard InChI is InChI=1S/C24H30N2O4/c1-29-21-12-8-11-19(23(21)30-2)13-14-22(27)25-20(17-18-9-4-3-5-10-18)24(28)26-15-6-7-16-26/h3-5,8-12,20H,6-7,13-17H2,1-2H3,(H,25,27). The van der Waals surface area contributed by atoms with Crippen LogP contribution in [0.5, 0.6) is 11.5 Å². The van der Waals surface area contributed by atoms with Gasteiger partial charge in [0.15, 0.2) is 11.5 Å².